The molecule has 0 aliphatic carbocycles. The number of phenols is 2. The highest BCUT2D eigenvalue weighted by Gasteiger charge is 2.20. The van der Waals surface area contributed by atoms with Gasteiger partial charge in [0.15, 0.2) is 11.3 Å². The van der Waals surface area contributed by atoms with Crippen LogP contribution in [0.2, 0.25) is 0 Å². The highest BCUT2D eigenvalue weighted by atomic mass is 16.5. The van der Waals surface area contributed by atoms with Gasteiger partial charge in [-0.3, -0.25) is 4.79 Å². The minimum atomic E-state index is -0.549. The summed E-state index contributed by atoms with van der Waals surface area (Å²) >= 11 is 0. The second-order valence-electron chi connectivity index (χ2n) is 3.78. The van der Waals surface area contributed by atoms with Crippen molar-refractivity contribution in [1.82, 2.24) is 0 Å². The number of aromatic hydroxyl groups is 2. The molecule has 0 radical (unpaired) electrons. The van der Waals surface area contributed by atoms with E-state index in [0.717, 1.165) is 6.07 Å². The number of ether oxygens (including phenoxy) is 1. The topological polar surface area (TPSA) is 100 Å². The Balaban J connectivity index is 3.05. The summed E-state index contributed by atoms with van der Waals surface area (Å²) in [6.07, 6.45) is 0. The molecule has 0 amide bonds. The van der Waals surface area contributed by atoms with Crippen LogP contribution in [0.5, 0.6) is 17.2 Å². The van der Waals surface area contributed by atoms with Crippen molar-refractivity contribution in [3.8, 4) is 17.2 Å². The van der Waals surface area contributed by atoms with E-state index < -0.39 is 17.8 Å². The van der Waals surface area contributed by atoms with Crippen LogP contribution in [0.15, 0.2) is 15.3 Å². The lowest BCUT2D eigenvalue weighted by atomic mass is 10.1. The second kappa shape index (κ2) is 4.23. The van der Waals surface area contributed by atoms with E-state index in [4.69, 9.17) is 14.3 Å². The van der Waals surface area contributed by atoms with Crippen molar-refractivity contribution in [2.75, 3.05) is 7.11 Å². The molecule has 0 unspecified atom stereocenters. The first kappa shape index (κ1) is 12.3. The smallest absolute Gasteiger partial charge is 0.204 e. The molecule has 1 heterocycles. The molecule has 2 rings (SSSR count). The zero-order chi connectivity index (χ0) is 13.4. The van der Waals surface area contributed by atoms with Crippen LogP contribution >= 0.6 is 0 Å². The molecule has 2 aromatic rings. The van der Waals surface area contributed by atoms with E-state index in [-0.39, 0.29) is 33.8 Å². The van der Waals surface area contributed by atoms with Gasteiger partial charge in [-0.2, -0.15) is 0 Å². The summed E-state index contributed by atoms with van der Waals surface area (Å²) in [4.78, 5) is 12.1. The van der Waals surface area contributed by atoms with Gasteiger partial charge in [-0.1, -0.05) is 0 Å². The Hall–Kier alpha value is -2.21. The minimum absolute atomic E-state index is 0.0347. The summed E-state index contributed by atoms with van der Waals surface area (Å²) in [5.41, 5.74) is -0.535. The first-order valence-corrected chi connectivity index (χ1v) is 5.17. The van der Waals surface area contributed by atoms with Crippen molar-refractivity contribution in [3.05, 3.63) is 27.6 Å². The summed E-state index contributed by atoms with van der Waals surface area (Å²) in [6, 6.07) is 0.995. The number of rotatable bonds is 2. The Labute approximate surface area is 102 Å². The first-order chi connectivity index (χ1) is 8.51. The minimum Gasteiger partial charge on any atom is -0.507 e. The third kappa shape index (κ3) is 1.58. The average molecular weight is 252 g/mol. The van der Waals surface area contributed by atoms with Crippen molar-refractivity contribution in [1.29, 1.82) is 0 Å². The summed E-state index contributed by atoms with van der Waals surface area (Å²) in [6.45, 7) is 1.01. The number of hydrogen-bond donors (Lipinski definition) is 3. The number of fused-ring (bicyclic) bond motifs is 1. The SMILES string of the molecule is COc1c(O)cc(O)c2c(=O)c(CO)c(C)oc12. The van der Waals surface area contributed by atoms with Gasteiger partial charge in [0, 0.05) is 6.07 Å². The van der Waals surface area contributed by atoms with Crippen molar-refractivity contribution in [2.45, 2.75) is 13.5 Å². The summed E-state index contributed by atoms with van der Waals surface area (Å²) in [5, 5.41) is 28.3. The molecule has 0 aliphatic heterocycles. The van der Waals surface area contributed by atoms with Gasteiger partial charge in [0.1, 0.15) is 16.9 Å². The van der Waals surface area contributed by atoms with E-state index >= 15 is 0 Å². The quantitative estimate of drug-likeness (QED) is 0.737. The molecule has 0 atom stereocenters. The molecule has 1 aromatic carbocycles. The number of benzene rings is 1. The normalized spacial score (nSPS) is 10.8. The van der Waals surface area contributed by atoms with Gasteiger partial charge in [0.05, 0.1) is 19.3 Å². The van der Waals surface area contributed by atoms with Crippen LogP contribution in [0, 0.1) is 6.92 Å². The Morgan fingerprint density at radius 3 is 2.56 bits per heavy atom. The molecule has 18 heavy (non-hydrogen) atoms. The van der Waals surface area contributed by atoms with Gasteiger partial charge in [0.2, 0.25) is 11.2 Å². The third-order valence-electron chi connectivity index (χ3n) is 2.74. The molecule has 0 aliphatic rings. The molecule has 96 valence electrons. The van der Waals surface area contributed by atoms with Crippen LogP contribution in [-0.2, 0) is 6.61 Å². The molecule has 0 saturated heterocycles. The number of aryl methyl sites for hydroxylation is 1. The molecule has 0 bridgehead atoms. The molecule has 6 nitrogen and oxygen atoms in total. The number of methoxy groups -OCH3 is 1. The number of aliphatic hydroxyl groups excluding tert-OH is 1. The molecule has 6 heteroatoms. The Morgan fingerprint density at radius 1 is 1.33 bits per heavy atom. The molecular formula is C12H12O6. The lowest BCUT2D eigenvalue weighted by Crippen LogP contribution is -2.11. The second-order valence-corrected chi connectivity index (χ2v) is 3.78. The maximum absolute atomic E-state index is 12.1. The van der Waals surface area contributed by atoms with Crippen molar-refractivity contribution >= 4 is 11.0 Å². The zero-order valence-corrected chi connectivity index (χ0v) is 9.85. The van der Waals surface area contributed by atoms with E-state index in [2.05, 4.69) is 0 Å². The standard InChI is InChI=1S/C12H12O6/c1-5-6(4-13)10(16)9-7(14)3-8(15)11(17-2)12(9)18-5/h3,13-15H,4H2,1-2H3. The molecule has 1 aromatic heterocycles. The lowest BCUT2D eigenvalue weighted by molar-refractivity contribution is 0.275. The predicted molar refractivity (Wildman–Crippen MR) is 63.0 cm³/mol. The third-order valence-corrected chi connectivity index (χ3v) is 2.74. The van der Waals surface area contributed by atoms with Gasteiger partial charge in [0.25, 0.3) is 0 Å². The Bertz CT molecular complexity index is 671. The number of phenolic OH excluding ortho intramolecular Hbond substituents is 2. The fraction of sp³-hybridized carbons (Fsp3) is 0.250. The Kier molecular flexibility index (Phi) is 2.88. The average Bonchev–Trinajstić information content (AvgIpc) is 2.28. The van der Waals surface area contributed by atoms with E-state index in [9.17, 15) is 15.0 Å². The predicted octanol–water partition coefficient (Wildman–Crippen LogP) is 1.01. The van der Waals surface area contributed by atoms with Gasteiger partial charge < -0.3 is 24.5 Å². The molecule has 0 fully saturated rings. The fourth-order valence-electron chi connectivity index (χ4n) is 1.84. The van der Waals surface area contributed by atoms with Crippen LogP contribution in [-0.4, -0.2) is 22.4 Å². The number of hydrogen-bond acceptors (Lipinski definition) is 6. The van der Waals surface area contributed by atoms with Gasteiger partial charge in [-0.15, -0.1) is 0 Å². The summed E-state index contributed by atoms with van der Waals surface area (Å²) in [5.74, 6) is -0.584. The Morgan fingerprint density at radius 2 is 2.00 bits per heavy atom. The molecule has 0 spiro atoms. The number of aliphatic hydroxyl groups is 1. The maximum Gasteiger partial charge on any atom is 0.204 e. The van der Waals surface area contributed by atoms with E-state index in [1.54, 1.807) is 0 Å². The maximum atomic E-state index is 12.1. The van der Waals surface area contributed by atoms with Crippen LogP contribution in [0.1, 0.15) is 11.3 Å². The highest BCUT2D eigenvalue weighted by molar-refractivity contribution is 5.91. The molecule has 0 saturated carbocycles. The highest BCUT2D eigenvalue weighted by Crippen LogP contribution is 2.39. The van der Waals surface area contributed by atoms with Gasteiger partial charge in [-0.05, 0) is 6.92 Å². The first-order valence-electron chi connectivity index (χ1n) is 5.17. The zero-order valence-electron chi connectivity index (χ0n) is 9.85. The van der Waals surface area contributed by atoms with Crippen molar-refractivity contribution < 1.29 is 24.5 Å². The van der Waals surface area contributed by atoms with Crippen LogP contribution in [0.4, 0.5) is 0 Å². The monoisotopic (exact) mass is 252 g/mol. The summed E-state index contributed by atoms with van der Waals surface area (Å²) in [7, 11) is 1.31. The molecular weight excluding hydrogens is 240 g/mol. The van der Waals surface area contributed by atoms with Crippen LogP contribution in [0.3, 0.4) is 0 Å². The van der Waals surface area contributed by atoms with Crippen molar-refractivity contribution in [2.24, 2.45) is 0 Å². The van der Waals surface area contributed by atoms with Gasteiger partial charge >= 0.3 is 0 Å². The lowest BCUT2D eigenvalue weighted by Gasteiger charge is -2.10. The largest absolute Gasteiger partial charge is 0.507 e. The van der Waals surface area contributed by atoms with Crippen LogP contribution in [0.25, 0.3) is 11.0 Å². The fourth-order valence-corrected chi connectivity index (χ4v) is 1.84. The van der Waals surface area contributed by atoms with E-state index in [1.807, 2.05) is 0 Å². The van der Waals surface area contributed by atoms with Crippen LogP contribution < -0.4 is 10.2 Å². The van der Waals surface area contributed by atoms with Gasteiger partial charge in [-0.25, -0.2) is 0 Å². The molecule has 3 N–H and O–H groups in total. The summed E-state index contributed by atoms with van der Waals surface area (Å²) < 4.78 is 10.3. The van der Waals surface area contributed by atoms with E-state index in [1.165, 1.54) is 14.0 Å². The van der Waals surface area contributed by atoms with E-state index in [0.29, 0.717) is 0 Å². The van der Waals surface area contributed by atoms with Crippen molar-refractivity contribution in [3.63, 3.8) is 0 Å².